The molecule has 1 aromatic heterocycles. The monoisotopic (exact) mass is 403 g/mol. The van der Waals surface area contributed by atoms with Crippen molar-refractivity contribution in [1.29, 1.82) is 5.26 Å². The molecule has 3 rings (SSSR count). The first-order chi connectivity index (χ1) is 14.2. The van der Waals surface area contributed by atoms with Crippen LogP contribution in [0.2, 0.25) is 0 Å². The van der Waals surface area contributed by atoms with Gasteiger partial charge >= 0.3 is 0 Å². The van der Waals surface area contributed by atoms with E-state index in [4.69, 9.17) is 0 Å². The second-order valence-corrected chi connectivity index (χ2v) is 8.33. The van der Waals surface area contributed by atoms with Crippen molar-refractivity contribution in [2.75, 3.05) is 38.1 Å². The zero-order chi connectivity index (χ0) is 20.6. The molecule has 0 radical (unpaired) electrons. The first-order valence-electron chi connectivity index (χ1n) is 10.2. The van der Waals surface area contributed by atoms with Crippen LogP contribution in [0.25, 0.3) is 16.0 Å². The number of rotatable bonds is 6. The molecule has 1 aliphatic rings. The van der Waals surface area contributed by atoms with Gasteiger partial charge in [-0.15, -0.1) is 11.3 Å². The van der Waals surface area contributed by atoms with Gasteiger partial charge in [0.2, 0.25) is 0 Å². The lowest BCUT2D eigenvalue weighted by atomic mass is 10.1. The largest absolute Gasteiger partial charge is 0.369 e. The summed E-state index contributed by atoms with van der Waals surface area (Å²) in [6, 6.07) is 15.5. The molecule has 3 nitrogen and oxygen atoms in total. The normalized spacial score (nSPS) is 16.4. The highest BCUT2D eigenvalue weighted by molar-refractivity contribution is 7.16. The van der Waals surface area contributed by atoms with Crippen LogP contribution >= 0.6 is 11.3 Å². The van der Waals surface area contributed by atoms with Crippen molar-refractivity contribution in [3.8, 4) is 16.5 Å². The Labute approximate surface area is 178 Å². The molecule has 29 heavy (non-hydrogen) atoms. The zero-order valence-corrected chi connectivity index (χ0v) is 18.4. The summed E-state index contributed by atoms with van der Waals surface area (Å²) in [5.41, 5.74) is 4.22. The summed E-state index contributed by atoms with van der Waals surface area (Å²) in [4.78, 5) is 7.18. The van der Waals surface area contributed by atoms with Crippen molar-refractivity contribution >= 4 is 22.6 Å². The molecule has 0 unspecified atom stereocenters. The zero-order valence-electron chi connectivity index (χ0n) is 17.6. The lowest BCUT2D eigenvalue weighted by molar-refractivity contribution is 0.313. The summed E-state index contributed by atoms with van der Waals surface area (Å²) >= 11 is 1.74. The predicted octanol–water partition coefficient (Wildman–Crippen LogP) is 5.99. The highest BCUT2D eigenvalue weighted by atomic mass is 32.1. The van der Waals surface area contributed by atoms with Crippen LogP contribution in [0, 0.1) is 11.3 Å². The number of likely N-dealkylation sites (N-methyl/N-ethyl adjacent to an activating group) is 1. The Hall–Kier alpha value is -2.61. The van der Waals surface area contributed by atoms with Crippen LogP contribution in [0.3, 0.4) is 0 Å². The Bertz CT molecular complexity index is 933. The molecule has 1 fully saturated rings. The molecule has 0 bridgehead atoms. The Morgan fingerprint density at radius 2 is 1.79 bits per heavy atom. The first-order valence-corrected chi connectivity index (χ1v) is 11.1. The highest BCUT2D eigenvalue weighted by Gasteiger charge is 2.14. The molecule has 0 aliphatic carbocycles. The van der Waals surface area contributed by atoms with Crippen molar-refractivity contribution in [2.24, 2.45) is 0 Å². The number of nitrogens with zero attached hydrogens (tertiary/aromatic N) is 3. The third-order valence-electron chi connectivity index (χ3n) is 5.16. The van der Waals surface area contributed by atoms with Crippen molar-refractivity contribution in [3.05, 3.63) is 71.2 Å². The lowest BCUT2D eigenvalue weighted by Crippen LogP contribution is -2.44. The van der Waals surface area contributed by atoms with Crippen LogP contribution < -0.4 is 4.90 Å². The highest BCUT2D eigenvalue weighted by Crippen LogP contribution is 2.35. The van der Waals surface area contributed by atoms with Crippen molar-refractivity contribution in [2.45, 2.75) is 20.3 Å². The summed E-state index contributed by atoms with van der Waals surface area (Å²) in [6.07, 6.45) is 8.91. The van der Waals surface area contributed by atoms with Gasteiger partial charge in [0.05, 0.1) is 11.6 Å². The van der Waals surface area contributed by atoms with E-state index in [0.717, 1.165) is 43.1 Å². The van der Waals surface area contributed by atoms with E-state index in [-0.39, 0.29) is 0 Å². The van der Waals surface area contributed by atoms with E-state index in [0.29, 0.717) is 5.57 Å². The van der Waals surface area contributed by atoms with Crippen molar-refractivity contribution < 1.29 is 0 Å². The minimum atomic E-state index is 0.712. The van der Waals surface area contributed by atoms with Gasteiger partial charge < -0.3 is 9.80 Å². The van der Waals surface area contributed by atoms with Gasteiger partial charge in [0.1, 0.15) is 0 Å². The molecule has 150 valence electrons. The number of piperazine rings is 1. The van der Waals surface area contributed by atoms with Gasteiger partial charge in [0.15, 0.2) is 0 Å². The van der Waals surface area contributed by atoms with Gasteiger partial charge in [-0.2, -0.15) is 5.26 Å². The fraction of sp³-hybridized carbons (Fsp3) is 0.320. The number of hydrogen-bond donors (Lipinski definition) is 0. The molecule has 1 aromatic carbocycles. The second-order valence-electron chi connectivity index (χ2n) is 7.25. The molecule has 1 aliphatic heterocycles. The first kappa shape index (κ1) is 21.1. The SMILES string of the molecule is C\C=C/C(=C(C#N)\C=C\CC)c1ccc(-c2ccc(N3CCN(C)CC3)cc2)s1. The fourth-order valence-corrected chi connectivity index (χ4v) is 4.48. The second kappa shape index (κ2) is 10.2. The van der Waals surface area contributed by atoms with Gasteiger partial charge in [-0.25, -0.2) is 0 Å². The molecule has 0 saturated carbocycles. The molecule has 4 heteroatoms. The van der Waals surface area contributed by atoms with Gasteiger partial charge in [-0.05, 0) is 56.3 Å². The average molecular weight is 404 g/mol. The minimum absolute atomic E-state index is 0.712. The quantitative estimate of drug-likeness (QED) is 0.439. The number of allylic oxidation sites excluding steroid dienone is 6. The van der Waals surface area contributed by atoms with E-state index in [1.165, 1.54) is 16.1 Å². The van der Waals surface area contributed by atoms with Crippen LogP contribution in [0.15, 0.2) is 66.3 Å². The number of benzene rings is 1. The minimum Gasteiger partial charge on any atom is -0.369 e. The Morgan fingerprint density at radius 1 is 1.07 bits per heavy atom. The van der Waals surface area contributed by atoms with Crippen molar-refractivity contribution in [3.63, 3.8) is 0 Å². The lowest BCUT2D eigenvalue weighted by Gasteiger charge is -2.34. The Kier molecular flexibility index (Phi) is 7.46. The molecule has 0 amide bonds. The maximum Gasteiger partial charge on any atom is 0.0998 e. The third-order valence-corrected chi connectivity index (χ3v) is 6.32. The number of thiophene rings is 1. The Morgan fingerprint density at radius 3 is 2.41 bits per heavy atom. The number of nitriles is 1. The number of hydrogen-bond acceptors (Lipinski definition) is 4. The molecule has 1 saturated heterocycles. The smallest absolute Gasteiger partial charge is 0.0998 e. The van der Waals surface area contributed by atoms with Crippen LogP contribution in [-0.4, -0.2) is 38.1 Å². The van der Waals surface area contributed by atoms with Crippen molar-refractivity contribution in [1.82, 2.24) is 4.90 Å². The predicted molar refractivity (Wildman–Crippen MR) is 126 cm³/mol. The summed E-state index contributed by atoms with van der Waals surface area (Å²) in [7, 11) is 2.18. The summed E-state index contributed by atoms with van der Waals surface area (Å²) in [5, 5.41) is 9.61. The van der Waals surface area contributed by atoms with Crippen LogP contribution in [0.4, 0.5) is 5.69 Å². The molecule has 2 heterocycles. The van der Waals surface area contributed by atoms with Gasteiger partial charge in [0.25, 0.3) is 0 Å². The standard InChI is InChI=1S/C25H29N3S/c1-4-6-8-21(19-26)23(7-5-2)25-14-13-24(29-25)20-9-11-22(12-10-20)28-17-15-27(3)16-18-28/h5-14H,4,15-18H2,1-3H3/b7-5-,8-6+,23-21-. The van der Waals surface area contributed by atoms with Crippen LogP contribution in [0.1, 0.15) is 25.1 Å². The van der Waals surface area contributed by atoms with Gasteiger partial charge in [0, 0.05) is 47.2 Å². The van der Waals surface area contributed by atoms with E-state index in [1.807, 2.05) is 31.2 Å². The summed E-state index contributed by atoms with van der Waals surface area (Å²) in [6.45, 7) is 8.46. The topological polar surface area (TPSA) is 30.3 Å². The molecule has 0 spiro atoms. The molecule has 0 N–H and O–H groups in total. The molecular weight excluding hydrogens is 374 g/mol. The van der Waals surface area contributed by atoms with Gasteiger partial charge in [-0.1, -0.05) is 37.3 Å². The van der Waals surface area contributed by atoms with E-state index in [9.17, 15) is 5.26 Å². The fourth-order valence-electron chi connectivity index (χ4n) is 3.43. The maximum atomic E-state index is 9.61. The van der Waals surface area contributed by atoms with E-state index >= 15 is 0 Å². The summed E-state index contributed by atoms with van der Waals surface area (Å²) in [5.74, 6) is 0. The van der Waals surface area contributed by atoms with E-state index in [2.05, 4.69) is 66.2 Å². The summed E-state index contributed by atoms with van der Waals surface area (Å²) < 4.78 is 0. The number of anilines is 1. The molecule has 0 atom stereocenters. The van der Waals surface area contributed by atoms with Gasteiger partial charge in [-0.3, -0.25) is 0 Å². The van der Waals surface area contributed by atoms with E-state index in [1.54, 1.807) is 11.3 Å². The maximum absolute atomic E-state index is 9.61. The van der Waals surface area contributed by atoms with Crippen LogP contribution in [-0.2, 0) is 0 Å². The third kappa shape index (κ3) is 5.26. The molecular formula is C25H29N3S. The van der Waals surface area contributed by atoms with Crippen LogP contribution in [0.5, 0.6) is 0 Å². The average Bonchev–Trinajstić information content (AvgIpc) is 3.24. The molecule has 2 aromatic rings. The Balaban J connectivity index is 1.84. The van der Waals surface area contributed by atoms with E-state index < -0.39 is 0 Å².